The van der Waals surface area contributed by atoms with Crippen molar-refractivity contribution >= 4 is 5.82 Å². The van der Waals surface area contributed by atoms with E-state index in [1.165, 1.54) is 19.3 Å². The van der Waals surface area contributed by atoms with E-state index >= 15 is 0 Å². The molecule has 118 valence electrons. The molecular weight excluding hydrogens is 262 g/mol. The number of anilines is 1. The summed E-state index contributed by atoms with van der Waals surface area (Å²) in [6.07, 6.45) is 7.75. The lowest BCUT2D eigenvalue weighted by molar-refractivity contribution is -0.0483. The summed E-state index contributed by atoms with van der Waals surface area (Å²) >= 11 is 0. The predicted octanol–water partition coefficient (Wildman–Crippen LogP) is 3.89. The number of ether oxygens (including phenoxy) is 1. The smallest absolute Gasteiger partial charge is 0.144 e. The molecule has 4 heteroatoms. The zero-order valence-corrected chi connectivity index (χ0v) is 13.8. The Morgan fingerprint density at radius 3 is 2.71 bits per heavy atom. The minimum Gasteiger partial charge on any atom is -0.372 e. The SMILES string of the molecule is CCNc1cnc(COC2CC(C)CCC2C(C)C)cn1. The van der Waals surface area contributed by atoms with Gasteiger partial charge in [-0.25, -0.2) is 4.98 Å². The van der Waals surface area contributed by atoms with Gasteiger partial charge in [0.05, 0.1) is 30.8 Å². The largest absolute Gasteiger partial charge is 0.372 e. The molecule has 2 rings (SSSR count). The number of hydrogen-bond donors (Lipinski definition) is 1. The van der Waals surface area contributed by atoms with Gasteiger partial charge in [0.1, 0.15) is 5.82 Å². The van der Waals surface area contributed by atoms with Gasteiger partial charge in [0, 0.05) is 6.54 Å². The molecule has 1 aliphatic carbocycles. The molecule has 1 N–H and O–H groups in total. The maximum atomic E-state index is 6.19. The van der Waals surface area contributed by atoms with Gasteiger partial charge in [0.15, 0.2) is 0 Å². The number of nitrogens with zero attached hydrogens (tertiary/aromatic N) is 2. The maximum absolute atomic E-state index is 6.19. The Labute approximate surface area is 128 Å². The van der Waals surface area contributed by atoms with Gasteiger partial charge in [-0.05, 0) is 37.5 Å². The molecule has 0 bridgehead atoms. The van der Waals surface area contributed by atoms with Crippen LogP contribution in [0.25, 0.3) is 0 Å². The summed E-state index contributed by atoms with van der Waals surface area (Å²) in [6.45, 7) is 10.4. The predicted molar refractivity (Wildman–Crippen MR) is 86.1 cm³/mol. The minimum absolute atomic E-state index is 0.365. The monoisotopic (exact) mass is 291 g/mol. The van der Waals surface area contributed by atoms with E-state index in [0.717, 1.165) is 24.0 Å². The van der Waals surface area contributed by atoms with Crippen molar-refractivity contribution in [3.63, 3.8) is 0 Å². The first-order valence-electron chi connectivity index (χ1n) is 8.26. The van der Waals surface area contributed by atoms with Crippen LogP contribution < -0.4 is 5.32 Å². The van der Waals surface area contributed by atoms with Crippen LogP contribution in [0.2, 0.25) is 0 Å². The van der Waals surface area contributed by atoms with Gasteiger partial charge in [-0.15, -0.1) is 0 Å². The van der Waals surface area contributed by atoms with Crippen molar-refractivity contribution in [3.8, 4) is 0 Å². The normalized spacial score (nSPS) is 26.0. The van der Waals surface area contributed by atoms with Crippen molar-refractivity contribution in [2.45, 2.75) is 59.7 Å². The van der Waals surface area contributed by atoms with Gasteiger partial charge in [0.2, 0.25) is 0 Å². The van der Waals surface area contributed by atoms with Gasteiger partial charge >= 0.3 is 0 Å². The molecule has 1 heterocycles. The first-order valence-corrected chi connectivity index (χ1v) is 8.26. The summed E-state index contributed by atoms with van der Waals surface area (Å²) in [7, 11) is 0. The maximum Gasteiger partial charge on any atom is 0.144 e. The molecule has 1 aromatic rings. The first kappa shape index (κ1) is 16.2. The van der Waals surface area contributed by atoms with Crippen LogP contribution in [0.1, 0.15) is 52.7 Å². The van der Waals surface area contributed by atoms with Gasteiger partial charge in [-0.1, -0.05) is 27.2 Å². The zero-order valence-electron chi connectivity index (χ0n) is 13.8. The molecular formula is C17H29N3O. The molecule has 0 aromatic carbocycles. The number of rotatable bonds is 6. The standard InChI is InChI=1S/C17H29N3O/c1-5-18-17-10-19-14(9-20-17)11-21-16-8-13(4)6-7-15(16)12(2)3/h9-10,12-13,15-16H,5-8,11H2,1-4H3,(H,18,20). The molecule has 0 radical (unpaired) electrons. The molecule has 21 heavy (non-hydrogen) atoms. The fraction of sp³-hybridized carbons (Fsp3) is 0.765. The first-order chi connectivity index (χ1) is 10.1. The number of hydrogen-bond acceptors (Lipinski definition) is 4. The lowest BCUT2D eigenvalue weighted by Gasteiger charge is -2.37. The van der Waals surface area contributed by atoms with Crippen LogP contribution in [-0.4, -0.2) is 22.6 Å². The summed E-state index contributed by atoms with van der Waals surface area (Å²) in [6, 6.07) is 0. The summed E-state index contributed by atoms with van der Waals surface area (Å²) in [5, 5.41) is 3.15. The van der Waals surface area contributed by atoms with Gasteiger partial charge in [0.25, 0.3) is 0 Å². The molecule has 1 fully saturated rings. The van der Waals surface area contributed by atoms with E-state index in [0.29, 0.717) is 24.5 Å². The molecule has 0 saturated heterocycles. The minimum atomic E-state index is 0.365. The van der Waals surface area contributed by atoms with Crippen molar-refractivity contribution in [2.75, 3.05) is 11.9 Å². The van der Waals surface area contributed by atoms with Crippen molar-refractivity contribution in [2.24, 2.45) is 17.8 Å². The third-order valence-corrected chi connectivity index (χ3v) is 4.47. The fourth-order valence-electron chi connectivity index (χ4n) is 3.20. The highest BCUT2D eigenvalue weighted by molar-refractivity contribution is 5.30. The Balaban J connectivity index is 1.90. The second-order valence-corrected chi connectivity index (χ2v) is 6.60. The van der Waals surface area contributed by atoms with Crippen molar-refractivity contribution < 1.29 is 4.74 Å². The molecule has 1 saturated carbocycles. The molecule has 1 aromatic heterocycles. The summed E-state index contributed by atoms with van der Waals surface area (Å²) in [4.78, 5) is 8.77. The Kier molecular flexibility index (Phi) is 5.97. The lowest BCUT2D eigenvalue weighted by atomic mass is 9.75. The summed E-state index contributed by atoms with van der Waals surface area (Å²) < 4.78 is 6.19. The molecule has 0 amide bonds. The Hall–Kier alpha value is -1.16. The fourth-order valence-corrected chi connectivity index (χ4v) is 3.20. The van der Waals surface area contributed by atoms with Crippen LogP contribution in [0.4, 0.5) is 5.82 Å². The molecule has 0 aliphatic heterocycles. The topological polar surface area (TPSA) is 47.0 Å². The van der Waals surface area contributed by atoms with Gasteiger partial charge in [-0.3, -0.25) is 4.98 Å². The second-order valence-electron chi connectivity index (χ2n) is 6.60. The van der Waals surface area contributed by atoms with Crippen molar-refractivity contribution in [3.05, 3.63) is 18.1 Å². The van der Waals surface area contributed by atoms with Crippen molar-refractivity contribution in [1.82, 2.24) is 9.97 Å². The van der Waals surface area contributed by atoms with E-state index in [1.54, 1.807) is 6.20 Å². The van der Waals surface area contributed by atoms with E-state index in [1.807, 2.05) is 6.20 Å². The zero-order chi connectivity index (χ0) is 15.2. The van der Waals surface area contributed by atoms with Gasteiger partial charge in [-0.2, -0.15) is 0 Å². The third kappa shape index (κ3) is 4.67. The lowest BCUT2D eigenvalue weighted by Crippen LogP contribution is -2.34. The molecule has 3 atom stereocenters. The molecule has 1 aliphatic rings. The average Bonchev–Trinajstić information content (AvgIpc) is 2.46. The highest BCUT2D eigenvalue weighted by Gasteiger charge is 2.31. The highest BCUT2D eigenvalue weighted by atomic mass is 16.5. The third-order valence-electron chi connectivity index (χ3n) is 4.47. The van der Waals surface area contributed by atoms with E-state index in [9.17, 15) is 0 Å². The quantitative estimate of drug-likeness (QED) is 0.864. The van der Waals surface area contributed by atoms with Crippen LogP contribution in [-0.2, 0) is 11.3 Å². The van der Waals surface area contributed by atoms with Gasteiger partial charge < -0.3 is 10.1 Å². The molecule has 0 spiro atoms. The van der Waals surface area contributed by atoms with Crippen LogP contribution in [0.5, 0.6) is 0 Å². The van der Waals surface area contributed by atoms with Crippen molar-refractivity contribution in [1.29, 1.82) is 0 Å². The number of aromatic nitrogens is 2. The van der Waals surface area contributed by atoms with E-state index in [4.69, 9.17) is 4.74 Å². The van der Waals surface area contributed by atoms with Crippen LogP contribution in [0.15, 0.2) is 12.4 Å². The summed E-state index contributed by atoms with van der Waals surface area (Å²) in [5.74, 6) is 2.96. The molecule has 4 nitrogen and oxygen atoms in total. The van der Waals surface area contributed by atoms with E-state index in [-0.39, 0.29) is 0 Å². The second kappa shape index (κ2) is 7.74. The Morgan fingerprint density at radius 2 is 2.10 bits per heavy atom. The van der Waals surface area contributed by atoms with Crippen LogP contribution >= 0.6 is 0 Å². The Morgan fingerprint density at radius 1 is 1.29 bits per heavy atom. The average molecular weight is 291 g/mol. The van der Waals surface area contributed by atoms with Crippen LogP contribution in [0, 0.1) is 17.8 Å². The highest BCUT2D eigenvalue weighted by Crippen LogP contribution is 2.35. The van der Waals surface area contributed by atoms with Crippen LogP contribution in [0.3, 0.4) is 0 Å². The Bertz CT molecular complexity index is 419. The summed E-state index contributed by atoms with van der Waals surface area (Å²) in [5.41, 5.74) is 0.914. The van der Waals surface area contributed by atoms with E-state index in [2.05, 4.69) is 43.0 Å². The van der Waals surface area contributed by atoms with E-state index < -0.39 is 0 Å². The number of nitrogens with one attached hydrogen (secondary N) is 1. The molecule has 3 unspecified atom stereocenters.